The van der Waals surface area contributed by atoms with Crippen molar-refractivity contribution >= 4 is 39.7 Å². The Morgan fingerprint density at radius 3 is 2.69 bits per heavy atom. The summed E-state index contributed by atoms with van der Waals surface area (Å²) >= 11 is 1.75. The number of fused-ring (bicyclic) bond motifs is 2. The Morgan fingerprint density at radius 2 is 1.90 bits per heavy atom. The van der Waals surface area contributed by atoms with Crippen LogP contribution < -0.4 is 15.5 Å². The van der Waals surface area contributed by atoms with Crippen molar-refractivity contribution in [3.8, 4) is 11.6 Å². The number of rotatable bonds is 6. The van der Waals surface area contributed by atoms with Crippen molar-refractivity contribution in [1.29, 1.82) is 0 Å². The molecule has 0 unspecified atom stereocenters. The van der Waals surface area contributed by atoms with Crippen molar-refractivity contribution < 1.29 is 13.9 Å². The zero-order valence-corrected chi connectivity index (χ0v) is 24.1. The SMILES string of the molecule is CC1(c2nc(-c3nnc(N[C@H]4N=C(c5ccccc5)c5ccccc5NC4=O)o3)c(N3CCO[C@H]4CC[C@H]43)s2)CCC1. The van der Waals surface area contributed by atoms with Gasteiger partial charge in [0.2, 0.25) is 6.17 Å². The molecule has 2 N–H and O–H groups in total. The van der Waals surface area contributed by atoms with Crippen molar-refractivity contribution in [3.05, 3.63) is 70.7 Å². The molecule has 11 heteroatoms. The molecular weight excluding hydrogens is 550 g/mol. The zero-order valence-electron chi connectivity index (χ0n) is 23.2. The highest BCUT2D eigenvalue weighted by Gasteiger charge is 2.44. The van der Waals surface area contributed by atoms with Gasteiger partial charge in [0, 0.05) is 23.1 Å². The monoisotopic (exact) mass is 581 g/mol. The zero-order chi connectivity index (χ0) is 28.3. The largest absolute Gasteiger partial charge is 0.402 e. The van der Waals surface area contributed by atoms with Crippen LogP contribution in [0.25, 0.3) is 11.6 Å². The smallest absolute Gasteiger partial charge is 0.317 e. The van der Waals surface area contributed by atoms with Crippen LogP contribution in [0.5, 0.6) is 0 Å². The van der Waals surface area contributed by atoms with Crippen LogP contribution in [-0.2, 0) is 14.9 Å². The van der Waals surface area contributed by atoms with Gasteiger partial charge in [-0.15, -0.1) is 16.4 Å². The minimum absolute atomic E-state index is 0.0834. The number of ether oxygens (including phenoxy) is 1. The summed E-state index contributed by atoms with van der Waals surface area (Å²) < 4.78 is 12.2. The fraction of sp³-hybridized carbons (Fsp3) is 0.387. The highest BCUT2D eigenvalue weighted by Crippen LogP contribution is 2.50. The molecule has 214 valence electrons. The number of carbonyl (C=O) groups excluding carboxylic acids is 1. The van der Waals surface area contributed by atoms with Gasteiger partial charge in [-0.25, -0.2) is 9.98 Å². The number of benzene rings is 2. The average Bonchev–Trinajstić information content (AvgIpc) is 3.60. The highest BCUT2D eigenvalue weighted by molar-refractivity contribution is 7.16. The van der Waals surface area contributed by atoms with Gasteiger partial charge in [0.25, 0.3) is 11.8 Å². The molecule has 2 aromatic carbocycles. The third-order valence-corrected chi connectivity index (χ3v) is 10.4. The van der Waals surface area contributed by atoms with E-state index in [0.717, 1.165) is 53.4 Å². The van der Waals surface area contributed by atoms with E-state index in [9.17, 15) is 4.79 Å². The van der Waals surface area contributed by atoms with Gasteiger partial charge >= 0.3 is 6.01 Å². The quantitative estimate of drug-likeness (QED) is 0.318. The second-order valence-corrected chi connectivity index (χ2v) is 12.6. The predicted molar refractivity (Wildman–Crippen MR) is 161 cm³/mol. The molecule has 42 heavy (non-hydrogen) atoms. The molecule has 4 aromatic rings. The third-order valence-electron chi connectivity index (χ3n) is 8.97. The molecule has 2 aliphatic heterocycles. The topological polar surface area (TPSA) is 118 Å². The van der Waals surface area contributed by atoms with Crippen LogP contribution in [-0.4, -0.2) is 58.3 Å². The maximum absolute atomic E-state index is 13.3. The summed E-state index contributed by atoms with van der Waals surface area (Å²) in [6.45, 7) is 3.80. The molecule has 0 radical (unpaired) electrons. The van der Waals surface area contributed by atoms with E-state index in [-0.39, 0.29) is 23.4 Å². The van der Waals surface area contributed by atoms with Crippen LogP contribution in [0.15, 0.2) is 64.0 Å². The summed E-state index contributed by atoms with van der Waals surface area (Å²) in [6.07, 6.45) is 4.97. The normalized spacial score (nSPS) is 24.3. The van der Waals surface area contributed by atoms with Gasteiger partial charge in [-0.2, -0.15) is 0 Å². The van der Waals surface area contributed by atoms with E-state index >= 15 is 0 Å². The van der Waals surface area contributed by atoms with Crippen molar-refractivity contribution in [1.82, 2.24) is 15.2 Å². The molecule has 1 amide bonds. The lowest BCUT2D eigenvalue weighted by Gasteiger charge is -2.48. The molecule has 2 aromatic heterocycles. The second kappa shape index (κ2) is 10.0. The van der Waals surface area contributed by atoms with Gasteiger partial charge in [0.15, 0.2) is 5.69 Å². The van der Waals surface area contributed by atoms with Gasteiger partial charge < -0.3 is 24.7 Å². The highest BCUT2D eigenvalue weighted by atomic mass is 32.1. The summed E-state index contributed by atoms with van der Waals surface area (Å²) in [5.74, 6) is 0.0249. The van der Waals surface area contributed by atoms with Gasteiger partial charge in [-0.1, -0.05) is 67.0 Å². The Labute approximate surface area is 247 Å². The minimum Gasteiger partial charge on any atom is -0.402 e. The Bertz CT molecular complexity index is 1680. The number of hydrogen-bond donors (Lipinski definition) is 2. The van der Waals surface area contributed by atoms with E-state index in [4.69, 9.17) is 19.1 Å². The number of thiazole rings is 1. The van der Waals surface area contributed by atoms with Crippen molar-refractivity contribution in [2.75, 3.05) is 28.7 Å². The van der Waals surface area contributed by atoms with Crippen LogP contribution in [0.1, 0.15) is 55.2 Å². The van der Waals surface area contributed by atoms with Crippen LogP contribution >= 0.6 is 11.3 Å². The van der Waals surface area contributed by atoms with Gasteiger partial charge in [-0.3, -0.25) is 4.79 Å². The fourth-order valence-electron chi connectivity index (χ4n) is 6.22. The number of nitrogens with one attached hydrogen (secondary N) is 2. The summed E-state index contributed by atoms with van der Waals surface area (Å²) in [5.41, 5.74) is 3.94. The number of amides is 1. The van der Waals surface area contributed by atoms with Crippen LogP contribution in [0, 0.1) is 0 Å². The number of hydrogen-bond acceptors (Lipinski definition) is 10. The Balaban J connectivity index is 1.13. The van der Waals surface area contributed by atoms with E-state index in [1.807, 2.05) is 54.6 Å². The predicted octanol–water partition coefficient (Wildman–Crippen LogP) is 5.23. The second-order valence-electron chi connectivity index (χ2n) is 11.7. The average molecular weight is 582 g/mol. The number of morpholine rings is 1. The fourth-order valence-corrected chi connectivity index (χ4v) is 7.57. The maximum Gasteiger partial charge on any atom is 0.317 e. The van der Waals surface area contributed by atoms with Crippen molar-refractivity contribution in [2.45, 2.75) is 62.8 Å². The molecule has 0 bridgehead atoms. The van der Waals surface area contributed by atoms with Crippen molar-refractivity contribution in [3.63, 3.8) is 0 Å². The third kappa shape index (κ3) is 4.30. The first-order chi connectivity index (χ1) is 20.6. The summed E-state index contributed by atoms with van der Waals surface area (Å²) in [4.78, 5) is 25.7. The lowest BCUT2D eigenvalue weighted by atomic mass is 9.71. The van der Waals surface area contributed by atoms with Crippen LogP contribution in [0.2, 0.25) is 0 Å². The summed E-state index contributed by atoms with van der Waals surface area (Å²) in [5, 5.41) is 16.9. The molecule has 3 atom stereocenters. The van der Waals surface area contributed by atoms with Gasteiger partial charge in [-0.05, 0) is 31.7 Å². The number of para-hydroxylation sites is 1. The lowest BCUT2D eigenvalue weighted by molar-refractivity contribution is -0.116. The molecule has 3 fully saturated rings. The minimum atomic E-state index is -0.977. The number of aliphatic imine (C=N–C) groups is 1. The van der Waals surface area contributed by atoms with E-state index < -0.39 is 6.17 Å². The van der Waals surface area contributed by atoms with E-state index in [1.54, 1.807) is 11.3 Å². The number of nitrogens with zero attached hydrogens (tertiary/aromatic N) is 5. The first-order valence-electron chi connectivity index (χ1n) is 14.6. The molecule has 10 nitrogen and oxygen atoms in total. The van der Waals surface area contributed by atoms with Crippen LogP contribution in [0.4, 0.5) is 16.7 Å². The van der Waals surface area contributed by atoms with Crippen molar-refractivity contribution in [2.24, 2.45) is 4.99 Å². The molecule has 2 saturated carbocycles. The molecule has 0 spiro atoms. The number of benzodiazepines with no additional fused rings is 1. The van der Waals surface area contributed by atoms with E-state index in [2.05, 4.69) is 32.7 Å². The summed E-state index contributed by atoms with van der Waals surface area (Å²) in [7, 11) is 0. The Kier molecular flexibility index (Phi) is 6.11. The first-order valence-corrected chi connectivity index (χ1v) is 15.4. The molecule has 4 heterocycles. The number of aromatic nitrogens is 3. The lowest BCUT2D eigenvalue weighted by Crippen LogP contribution is -2.57. The maximum atomic E-state index is 13.3. The van der Waals surface area contributed by atoms with Crippen LogP contribution in [0.3, 0.4) is 0 Å². The first kappa shape index (κ1) is 25.6. The van der Waals surface area contributed by atoms with Gasteiger partial charge in [0.1, 0.15) is 10.0 Å². The Hall–Kier alpha value is -4.09. The molecule has 4 aliphatic rings. The van der Waals surface area contributed by atoms with E-state index in [0.29, 0.717) is 35.6 Å². The number of carbonyl (C=O) groups is 1. The van der Waals surface area contributed by atoms with Gasteiger partial charge in [0.05, 0.1) is 30.2 Å². The molecule has 8 rings (SSSR count). The molecule has 1 saturated heterocycles. The standard InChI is InChI=1S/C31H31N7O3S/c1-31(14-7-15-31)29-34-24(28(42-29)38-16-17-40-22-13-12-21(22)38)27-36-37-30(41-27)35-25-26(39)32-20-11-6-5-10-19(20)23(33-25)18-8-3-2-4-9-18/h2-6,8-11,21-22,25H,7,12-17H2,1H3,(H,32,39)(H,35,37)/t21-,22+,25-/m1/s1. The molecule has 2 aliphatic carbocycles. The van der Waals surface area contributed by atoms with E-state index in [1.165, 1.54) is 6.42 Å². The number of anilines is 3. The summed E-state index contributed by atoms with van der Waals surface area (Å²) in [6, 6.07) is 18.0. The molecular formula is C31H31N7O3S. The Morgan fingerprint density at radius 1 is 1.07 bits per heavy atom.